The number of hydrogen-bond acceptors (Lipinski definition) is 4. The van der Waals surface area contributed by atoms with E-state index >= 15 is 0 Å². The molecule has 0 bridgehead atoms. The molecule has 27 heavy (non-hydrogen) atoms. The zero-order chi connectivity index (χ0) is 19.6. The number of halogens is 1. The summed E-state index contributed by atoms with van der Waals surface area (Å²) < 4.78 is 14.1. The molecule has 1 amide bonds. The monoisotopic (exact) mass is 431 g/mol. The van der Waals surface area contributed by atoms with Gasteiger partial charge in [-0.2, -0.15) is 5.10 Å². The molecule has 7 heteroatoms. The summed E-state index contributed by atoms with van der Waals surface area (Å²) in [6.45, 7) is 4.75. The summed E-state index contributed by atoms with van der Waals surface area (Å²) in [5, 5.41) is 4.16. The molecule has 0 atom stereocenters. The summed E-state index contributed by atoms with van der Waals surface area (Å²) in [6.07, 6.45) is 1.71. The zero-order valence-corrected chi connectivity index (χ0v) is 17.4. The molecule has 0 radical (unpaired) electrons. The van der Waals surface area contributed by atoms with E-state index in [-0.39, 0.29) is 18.3 Å². The van der Waals surface area contributed by atoms with Gasteiger partial charge in [0, 0.05) is 14.1 Å². The Bertz CT molecular complexity index is 922. The minimum atomic E-state index is -0.194. The second kappa shape index (κ2) is 8.00. The van der Waals surface area contributed by atoms with Crippen LogP contribution in [0.1, 0.15) is 33.1 Å². The first-order chi connectivity index (χ1) is 12.8. The van der Waals surface area contributed by atoms with Crippen molar-refractivity contribution < 1.29 is 13.9 Å². The standard InChI is InChI=1S/C20H22BrN3O3/c1-13-7-14(2)9-16(8-13)26-12-15-5-6-19(27-15)20(25)23(3)11-18-17(21)10-22-24(18)4/h5-10H,11-12H2,1-4H3. The van der Waals surface area contributed by atoms with Crippen LogP contribution in [-0.4, -0.2) is 27.6 Å². The fourth-order valence-electron chi connectivity index (χ4n) is 2.84. The SMILES string of the molecule is Cc1cc(C)cc(OCc2ccc(C(=O)N(C)Cc3c(Br)cnn3C)o2)c1. The maximum Gasteiger partial charge on any atom is 0.289 e. The molecule has 0 spiro atoms. The average Bonchev–Trinajstić information content (AvgIpc) is 3.20. The highest BCUT2D eigenvalue weighted by molar-refractivity contribution is 9.10. The van der Waals surface area contributed by atoms with Gasteiger partial charge in [-0.1, -0.05) is 6.07 Å². The molecule has 6 nitrogen and oxygen atoms in total. The molecule has 0 N–H and O–H groups in total. The van der Waals surface area contributed by atoms with Crippen LogP contribution in [-0.2, 0) is 20.2 Å². The van der Waals surface area contributed by atoms with Crippen molar-refractivity contribution in [3.8, 4) is 5.75 Å². The second-order valence-corrected chi connectivity index (χ2v) is 7.46. The molecule has 0 saturated heterocycles. The summed E-state index contributed by atoms with van der Waals surface area (Å²) in [5.41, 5.74) is 3.20. The van der Waals surface area contributed by atoms with Gasteiger partial charge in [-0.05, 0) is 65.2 Å². The van der Waals surface area contributed by atoms with Gasteiger partial charge in [-0.3, -0.25) is 9.48 Å². The van der Waals surface area contributed by atoms with Crippen LogP contribution >= 0.6 is 15.9 Å². The number of ether oxygens (including phenoxy) is 1. The van der Waals surface area contributed by atoms with Gasteiger partial charge in [0.2, 0.25) is 0 Å². The number of aromatic nitrogens is 2. The van der Waals surface area contributed by atoms with Crippen molar-refractivity contribution in [2.24, 2.45) is 7.05 Å². The van der Waals surface area contributed by atoms with Crippen LogP contribution in [0.15, 0.2) is 45.4 Å². The predicted molar refractivity (Wildman–Crippen MR) is 106 cm³/mol. The fourth-order valence-corrected chi connectivity index (χ4v) is 3.31. The predicted octanol–water partition coefficient (Wildman–Crippen LogP) is 4.24. The smallest absolute Gasteiger partial charge is 0.289 e. The van der Waals surface area contributed by atoms with Crippen LogP contribution < -0.4 is 4.74 Å². The number of rotatable bonds is 6. The van der Waals surface area contributed by atoms with Gasteiger partial charge in [0.15, 0.2) is 5.76 Å². The van der Waals surface area contributed by atoms with E-state index in [4.69, 9.17) is 9.15 Å². The van der Waals surface area contributed by atoms with E-state index in [1.54, 1.807) is 35.0 Å². The highest BCUT2D eigenvalue weighted by Gasteiger charge is 2.19. The van der Waals surface area contributed by atoms with E-state index in [2.05, 4.69) is 27.1 Å². The number of carbonyl (C=O) groups is 1. The molecular formula is C20H22BrN3O3. The van der Waals surface area contributed by atoms with Crippen LogP contribution in [0.4, 0.5) is 0 Å². The number of aryl methyl sites for hydroxylation is 3. The number of nitrogens with zero attached hydrogens (tertiary/aromatic N) is 3. The van der Waals surface area contributed by atoms with E-state index in [9.17, 15) is 4.79 Å². The maximum atomic E-state index is 12.6. The molecule has 142 valence electrons. The fraction of sp³-hybridized carbons (Fsp3) is 0.300. The van der Waals surface area contributed by atoms with Gasteiger partial charge in [0.05, 0.1) is 22.9 Å². The lowest BCUT2D eigenvalue weighted by Crippen LogP contribution is -2.27. The van der Waals surface area contributed by atoms with Crippen LogP contribution in [0, 0.1) is 13.8 Å². The van der Waals surface area contributed by atoms with Crippen molar-refractivity contribution in [2.45, 2.75) is 27.0 Å². The third kappa shape index (κ3) is 4.60. The zero-order valence-electron chi connectivity index (χ0n) is 15.8. The van der Waals surface area contributed by atoms with Crippen molar-refractivity contribution in [3.63, 3.8) is 0 Å². The minimum absolute atomic E-state index is 0.194. The molecule has 2 aromatic heterocycles. The molecule has 0 aliphatic heterocycles. The molecule has 3 aromatic rings. The van der Waals surface area contributed by atoms with E-state index in [1.165, 1.54) is 0 Å². The Morgan fingerprint density at radius 2 is 1.96 bits per heavy atom. The number of hydrogen-bond donors (Lipinski definition) is 0. The van der Waals surface area contributed by atoms with E-state index in [0.29, 0.717) is 12.3 Å². The number of amides is 1. The molecule has 2 heterocycles. The van der Waals surface area contributed by atoms with Gasteiger partial charge in [0.1, 0.15) is 18.1 Å². The third-order valence-corrected chi connectivity index (χ3v) is 4.86. The Morgan fingerprint density at radius 1 is 1.26 bits per heavy atom. The Morgan fingerprint density at radius 3 is 2.59 bits per heavy atom. The minimum Gasteiger partial charge on any atom is -0.486 e. The van der Waals surface area contributed by atoms with Crippen molar-refractivity contribution in [3.05, 3.63) is 69.3 Å². The first-order valence-electron chi connectivity index (χ1n) is 8.55. The second-order valence-electron chi connectivity index (χ2n) is 6.60. The van der Waals surface area contributed by atoms with Gasteiger partial charge in [-0.15, -0.1) is 0 Å². The van der Waals surface area contributed by atoms with Crippen LogP contribution in [0.2, 0.25) is 0 Å². The number of benzene rings is 1. The lowest BCUT2D eigenvalue weighted by Gasteiger charge is -2.16. The average molecular weight is 432 g/mol. The molecule has 0 unspecified atom stereocenters. The van der Waals surface area contributed by atoms with Crippen molar-refractivity contribution in [2.75, 3.05) is 7.05 Å². The topological polar surface area (TPSA) is 60.5 Å². The van der Waals surface area contributed by atoms with E-state index in [0.717, 1.165) is 27.0 Å². The Labute approximate surface area is 166 Å². The van der Waals surface area contributed by atoms with Gasteiger partial charge in [0.25, 0.3) is 5.91 Å². The molecule has 1 aromatic carbocycles. The summed E-state index contributed by atoms with van der Waals surface area (Å²) in [6, 6.07) is 9.48. The molecule has 0 saturated carbocycles. The third-order valence-electron chi connectivity index (χ3n) is 4.19. The van der Waals surface area contributed by atoms with Gasteiger partial charge in [-0.25, -0.2) is 0 Å². The Kier molecular flexibility index (Phi) is 5.70. The normalized spacial score (nSPS) is 10.9. The highest BCUT2D eigenvalue weighted by Crippen LogP contribution is 2.20. The van der Waals surface area contributed by atoms with Crippen LogP contribution in [0.3, 0.4) is 0 Å². The van der Waals surface area contributed by atoms with Crippen molar-refractivity contribution in [1.82, 2.24) is 14.7 Å². The molecule has 3 rings (SSSR count). The summed E-state index contributed by atoms with van der Waals surface area (Å²) >= 11 is 3.45. The summed E-state index contributed by atoms with van der Waals surface area (Å²) in [4.78, 5) is 14.2. The molecule has 0 aliphatic carbocycles. The van der Waals surface area contributed by atoms with Crippen LogP contribution in [0.5, 0.6) is 5.75 Å². The summed E-state index contributed by atoms with van der Waals surface area (Å²) in [7, 11) is 3.57. The quantitative estimate of drug-likeness (QED) is 0.585. The van der Waals surface area contributed by atoms with Crippen LogP contribution in [0.25, 0.3) is 0 Å². The Balaban J connectivity index is 1.63. The maximum absolute atomic E-state index is 12.6. The van der Waals surface area contributed by atoms with Gasteiger partial charge < -0.3 is 14.1 Å². The first kappa shape index (κ1) is 19.2. The highest BCUT2D eigenvalue weighted by atomic mass is 79.9. The molecular weight excluding hydrogens is 410 g/mol. The number of carbonyl (C=O) groups excluding carboxylic acids is 1. The Hall–Kier alpha value is -2.54. The van der Waals surface area contributed by atoms with Gasteiger partial charge >= 0.3 is 0 Å². The molecule has 0 fully saturated rings. The summed E-state index contributed by atoms with van der Waals surface area (Å²) in [5.74, 6) is 1.48. The molecule has 0 aliphatic rings. The van der Waals surface area contributed by atoms with Crippen molar-refractivity contribution >= 4 is 21.8 Å². The lowest BCUT2D eigenvalue weighted by molar-refractivity contribution is 0.0746. The van der Waals surface area contributed by atoms with E-state index in [1.807, 2.05) is 33.0 Å². The number of furan rings is 1. The van der Waals surface area contributed by atoms with E-state index < -0.39 is 0 Å². The van der Waals surface area contributed by atoms with Crippen molar-refractivity contribution in [1.29, 1.82) is 0 Å². The first-order valence-corrected chi connectivity index (χ1v) is 9.34. The largest absolute Gasteiger partial charge is 0.486 e. The lowest BCUT2D eigenvalue weighted by atomic mass is 10.1.